The molecule has 0 bridgehead atoms. The number of aromatic hydroxyl groups is 1. The molecule has 2 fully saturated rings. The molecule has 35 heavy (non-hydrogen) atoms. The van der Waals surface area contributed by atoms with Gasteiger partial charge in [0.1, 0.15) is 17.1 Å². The molecular formula is C29H39NO5. The second-order valence-electron chi connectivity index (χ2n) is 10.8. The number of benzene rings is 2. The molecule has 1 spiro atoms. The number of fused-ring (bicyclic) bond motifs is 1. The monoisotopic (exact) mass is 481 g/mol. The number of rotatable bonds is 6. The number of piperidine rings is 1. The SMILES string of the molecule is Cc1c(C)c2c(c(C)c1O)CCC(C)(COCc1cccc(CN3CCC4(CC3)OCCO4)c1)O2. The van der Waals surface area contributed by atoms with Gasteiger partial charge in [0.05, 0.1) is 26.4 Å². The van der Waals surface area contributed by atoms with Gasteiger partial charge in [-0.3, -0.25) is 4.90 Å². The number of likely N-dealkylation sites (tertiary alicyclic amines) is 1. The number of phenolic OH excluding ortho intramolecular Hbond substituents is 1. The van der Waals surface area contributed by atoms with Gasteiger partial charge < -0.3 is 24.1 Å². The van der Waals surface area contributed by atoms with E-state index >= 15 is 0 Å². The standard InChI is InChI=1S/C29H39NO5/c1-20-21(2)27-25(22(3)26(20)31)8-9-28(4,35-27)19-32-18-24-7-5-6-23(16-24)17-30-12-10-29(11-13-30)33-14-15-34-29/h5-7,16,31H,8-15,17-19H2,1-4H3. The lowest BCUT2D eigenvalue weighted by atomic mass is 9.87. The zero-order valence-corrected chi connectivity index (χ0v) is 21.6. The zero-order valence-electron chi connectivity index (χ0n) is 21.6. The van der Waals surface area contributed by atoms with E-state index in [0.29, 0.717) is 19.0 Å². The maximum Gasteiger partial charge on any atom is 0.170 e. The molecule has 1 atom stereocenters. The smallest absolute Gasteiger partial charge is 0.170 e. The van der Waals surface area contributed by atoms with Gasteiger partial charge in [0.2, 0.25) is 0 Å². The van der Waals surface area contributed by atoms with E-state index in [-0.39, 0.29) is 11.4 Å². The molecule has 2 saturated heterocycles. The molecule has 0 amide bonds. The summed E-state index contributed by atoms with van der Waals surface area (Å²) in [6.45, 7) is 13.6. The van der Waals surface area contributed by atoms with Crippen LogP contribution in [0.4, 0.5) is 0 Å². The molecule has 3 heterocycles. The lowest BCUT2D eigenvalue weighted by Crippen LogP contribution is -2.44. The van der Waals surface area contributed by atoms with E-state index in [1.807, 2.05) is 20.8 Å². The Morgan fingerprint density at radius 2 is 1.69 bits per heavy atom. The number of ether oxygens (including phenoxy) is 4. The summed E-state index contributed by atoms with van der Waals surface area (Å²) >= 11 is 0. The molecule has 6 heteroatoms. The van der Waals surface area contributed by atoms with Crippen molar-refractivity contribution < 1.29 is 24.1 Å². The van der Waals surface area contributed by atoms with E-state index < -0.39 is 0 Å². The molecule has 190 valence electrons. The predicted molar refractivity (Wildman–Crippen MR) is 135 cm³/mol. The Bertz CT molecular complexity index is 1070. The quantitative estimate of drug-likeness (QED) is 0.630. The van der Waals surface area contributed by atoms with Crippen molar-refractivity contribution >= 4 is 0 Å². The summed E-state index contributed by atoms with van der Waals surface area (Å²) in [7, 11) is 0. The van der Waals surface area contributed by atoms with Gasteiger partial charge in [0, 0.05) is 38.0 Å². The maximum atomic E-state index is 10.4. The zero-order chi connectivity index (χ0) is 24.6. The van der Waals surface area contributed by atoms with Crippen LogP contribution in [0.15, 0.2) is 24.3 Å². The van der Waals surface area contributed by atoms with Crippen LogP contribution >= 0.6 is 0 Å². The molecule has 3 aliphatic heterocycles. The molecule has 6 nitrogen and oxygen atoms in total. The highest BCUT2D eigenvalue weighted by Gasteiger charge is 2.39. The minimum absolute atomic E-state index is 0.319. The number of hydrogen-bond donors (Lipinski definition) is 1. The third-order valence-electron chi connectivity index (χ3n) is 8.10. The topological polar surface area (TPSA) is 60.4 Å². The van der Waals surface area contributed by atoms with Crippen molar-refractivity contribution in [3.8, 4) is 11.5 Å². The maximum absolute atomic E-state index is 10.4. The summed E-state index contributed by atoms with van der Waals surface area (Å²) in [6, 6.07) is 8.71. The van der Waals surface area contributed by atoms with Crippen LogP contribution in [0.5, 0.6) is 11.5 Å². The molecule has 1 unspecified atom stereocenters. The van der Waals surface area contributed by atoms with E-state index in [2.05, 4.69) is 36.1 Å². The van der Waals surface area contributed by atoms with Gasteiger partial charge in [-0.25, -0.2) is 0 Å². The molecule has 0 radical (unpaired) electrons. The fraction of sp³-hybridized carbons (Fsp3) is 0.586. The molecule has 1 N–H and O–H groups in total. The molecule has 2 aromatic carbocycles. The van der Waals surface area contributed by atoms with Gasteiger partial charge in [-0.1, -0.05) is 24.3 Å². The largest absolute Gasteiger partial charge is 0.507 e. The van der Waals surface area contributed by atoms with Crippen LogP contribution < -0.4 is 4.74 Å². The number of nitrogens with zero attached hydrogens (tertiary/aromatic N) is 1. The third-order valence-corrected chi connectivity index (χ3v) is 8.10. The first-order valence-corrected chi connectivity index (χ1v) is 12.9. The Kier molecular flexibility index (Phi) is 6.83. The van der Waals surface area contributed by atoms with Crippen LogP contribution in [-0.2, 0) is 33.8 Å². The van der Waals surface area contributed by atoms with Gasteiger partial charge in [-0.2, -0.15) is 0 Å². The van der Waals surface area contributed by atoms with E-state index in [9.17, 15) is 5.11 Å². The molecule has 0 saturated carbocycles. The molecular weight excluding hydrogens is 442 g/mol. The third kappa shape index (κ3) is 5.08. The highest BCUT2D eigenvalue weighted by atomic mass is 16.7. The first kappa shape index (κ1) is 24.6. The van der Waals surface area contributed by atoms with E-state index in [0.717, 1.165) is 86.5 Å². The summed E-state index contributed by atoms with van der Waals surface area (Å²) in [5.74, 6) is 1.00. The van der Waals surface area contributed by atoms with Gasteiger partial charge in [-0.15, -0.1) is 0 Å². The van der Waals surface area contributed by atoms with Crippen molar-refractivity contribution in [2.75, 3.05) is 32.9 Å². The summed E-state index contributed by atoms with van der Waals surface area (Å²) < 4.78 is 24.4. The van der Waals surface area contributed by atoms with Gasteiger partial charge in [0.25, 0.3) is 0 Å². The Hall–Kier alpha value is -2.12. The minimum atomic E-state index is -0.376. The molecule has 3 aliphatic rings. The molecule has 2 aromatic rings. The second-order valence-corrected chi connectivity index (χ2v) is 10.8. The van der Waals surface area contributed by atoms with Crippen molar-refractivity contribution in [2.24, 2.45) is 0 Å². The molecule has 0 aliphatic carbocycles. The Labute approximate surface area is 209 Å². The Morgan fingerprint density at radius 3 is 2.43 bits per heavy atom. The minimum Gasteiger partial charge on any atom is -0.507 e. The number of hydrogen-bond acceptors (Lipinski definition) is 6. The second kappa shape index (κ2) is 9.74. The van der Waals surface area contributed by atoms with E-state index in [4.69, 9.17) is 18.9 Å². The van der Waals surface area contributed by atoms with E-state index in [1.54, 1.807) is 0 Å². The van der Waals surface area contributed by atoms with Crippen molar-refractivity contribution in [1.82, 2.24) is 4.90 Å². The number of phenols is 1. The lowest BCUT2D eigenvalue weighted by Gasteiger charge is -2.38. The first-order valence-electron chi connectivity index (χ1n) is 12.9. The van der Waals surface area contributed by atoms with Crippen LogP contribution in [-0.4, -0.2) is 54.3 Å². The van der Waals surface area contributed by atoms with Crippen molar-refractivity contribution in [3.05, 3.63) is 57.6 Å². The first-order chi connectivity index (χ1) is 16.8. The molecule has 0 aromatic heterocycles. The summed E-state index contributed by atoms with van der Waals surface area (Å²) in [4.78, 5) is 2.48. The fourth-order valence-corrected chi connectivity index (χ4v) is 5.69. The normalized spacial score (nSPS) is 23.9. The lowest BCUT2D eigenvalue weighted by molar-refractivity contribution is -0.185. The van der Waals surface area contributed by atoms with Crippen molar-refractivity contribution in [2.45, 2.75) is 77.9 Å². The fourth-order valence-electron chi connectivity index (χ4n) is 5.69. The van der Waals surface area contributed by atoms with Crippen LogP contribution in [0.3, 0.4) is 0 Å². The van der Waals surface area contributed by atoms with Crippen molar-refractivity contribution in [1.29, 1.82) is 0 Å². The summed E-state index contributed by atoms with van der Waals surface area (Å²) in [6.07, 6.45) is 3.64. The van der Waals surface area contributed by atoms with E-state index in [1.165, 1.54) is 11.1 Å². The molecule has 5 rings (SSSR count). The predicted octanol–water partition coefficient (Wildman–Crippen LogP) is 4.96. The van der Waals surface area contributed by atoms with Crippen LogP contribution in [0, 0.1) is 20.8 Å². The highest BCUT2D eigenvalue weighted by molar-refractivity contribution is 5.58. The van der Waals surface area contributed by atoms with Gasteiger partial charge in [0.15, 0.2) is 5.79 Å². The van der Waals surface area contributed by atoms with Gasteiger partial charge in [-0.05, 0) is 68.4 Å². The average Bonchev–Trinajstić information content (AvgIpc) is 3.31. The Balaban J connectivity index is 1.15. The summed E-state index contributed by atoms with van der Waals surface area (Å²) in [5, 5.41) is 10.4. The van der Waals surface area contributed by atoms with Crippen molar-refractivity contribution in [3.63, 3.8) is 0 Å². The summed E-state index contributed by atoms with van der Waals surface area (Å²) in [5.41, 5.74) is 6.11. The van der Waals surface area contributed by atoms with Crippen LogP contribution in [0.2, 0.25) is 0 Å². The van der Waals surface area contributed by atoms with Gasteiger partial charge >= 0.3 is 0 Å². The van der Waals surface area contributed by atoms with Crippen LogP contribution in [0.25, 0.3) is 0 Å². The van der Waals surface area contributed by atoms with Crippen LogP contribution in [0.1, 0.15) is 59.6 Å². The average molecular weight is 482 g/mol. The Morgan fingerprint density at radius 1 is 0.971 bits per heavy atom. The highest BCUT2D eigenvalue weighted by Crippen LogP contribution is 2.43.